The smallest absolute Gasteiger partial charge is 0.243 e. The maximum Gasteiger partial charge on any atom is 0.243 e. The predicted molar refractivity (Wildman–Crippen MR) is 115 cm³/mol. The number of benzene rings is 2. The summed E-state index contributed by atoms with van der Waals surface area (Å²) in [6.07, 6.45) is 5.75. The zero-order valence-electron chi connectivity index (χ0n) is 17.2. The third kappa shape index (κ3) is 4.32. The van der Waals surface area contributed by atoms with Gasteiger partial charge in [-0.05, 0) is 42.0 Å². The van der Waals surface area contributed by atoms with Crippen LogP contribution in [0.4, 0.5) is 0 Å². The van der Waals surface area contributed by atoms with E-state index in [1.54, 1.807) is 4.90 Å². The Morgan fingerprint density at radius 3 is 2.47 bits per heavy atom. The molecule has 0 aromatic heterocycles. The molecule has 1 aliphatic heterocycles. The van der Waals surface area contributed by atoms with Crippen molar-refractivity contribution in [3.8, 4) is 0 Å². The van der Waals surface area contributed by atoms with E-state index >= 15 is 0 Å². The first kappa shape index (κ1) is 20.4. The zero-order valence-corrected chi connectivity index (χ0v) is 17.2. The van der Waals surface area contributed by atoms with E-state index in [1.165, 1.54) is 0 Å². The number of hydrogen-bond donors (Lipinski definition) is 2. The minimum Gasteiger partial charge on any atom is -0.368 e. The van der Waals surface area contributed by atoms with Gasteiger partial charge in [-0.15, -0.1) is 0 Å². The van der Waals surface area contributed by atoms with Crippen LogP contribution < -0.4 is 11.1 Å². The van der Waals surface area contributed by atoms with Crippen LogP contribution in [-0.4, -0.2) is 41.2 Å². The van der Waals surface area contributed by atoms with Crippen LogP contribution in [0.1, 0.15) is 44.1 Å². The minimum atomic E-state index is -0.803. The third-order valence-electron chi connectivity index (χ3n) is 6.46. The Morgan fingerprint density at radius 1 is 1.00 bits per heavy atom. The second-order valence-electron chi connectivity index (χ2n) is 8.52. The SMILES string of the molecule is NC(=O)C(Cc1ccc2ccccc2c1)NC(=O)[C@@H]1CCCN1C(=O)C1CCCC1. The first-order valence-electron chi connectivity index (χ1n) is 10.9. The van der Waals surface area contributed by atoms with E-state index in [-0.39, 0.29) is 17.7 Å². The Labute approximate surface area is 176 Å². The van der Waals surface area contributed by atoms with E-state index in [0.717, 1.165) is 48.4 Å². The Kier molecular flexibility index (Phi) is 6.02. The molecule has 6 nitrogen and oxygen atoms in total. The van der Waals surface area contributed by atoms with Gasteiger partial charge < -0.3 is 16.0 Å². The topological polar surface area (TPSA) is 92.5 Å². The Morgan fingerprint density at radius 2 is 1.73 bits per heavy atom. The molecule has 158 valence electrons. The van der Waals surface area contributed by atoms with E-state index in [9.17, 15) is 14.4 Å². The zero-order chi connectivity index (χ0) is 21.1. The molecule has 1 saturated carbocycles. The number of nitrogens with one attached hydrogen (secondary N) is 1. The average molecular weight is 408 g/mol. The lowest BCUT2D eigenvalue weighted by atomic mass is 10.0. The van der Waals surface area contributed by atoms with E-state index in [2.05, 4.69) is 5.32 Å². The van der Waals surface area contributed by atoms with Crippen molar-refractivity contribution in [3.05, 3.63) is 48.0 Å². The minimum absolute atomic E-state index is 0.0444. The van der Waals surface area contributed by atoms with Crippen LogP contribution >= 0.6 is 0 Å². The highest BCUT2D eigenvalue weighted by Gasteiger charge is 2.38. The van der Waals surface area contributed by atoms with Crippen LogP contribution in [-0.2, 0) is 20.8 Å². The molecule has 2 aliphatic rings. The molecule has 0 bridgehead atoms. The van der Waals surface area contributed by atoms with Crippen LogP contribution in [0, 0.1) is 5.92 Å². The van der Waals surface area contributed by atoms with E-state index in [1.807, 2.05) is 42.5 Å². The summed E-state index contributed by atoms with van der Waals surface area (Å²) in [5.41, 5.74) is 6.54. The molecule has 6 heteroatoms. The van der Waals surface area contributed by atoms with Crippen molar-refractivity contribution in [1.82, 2.24) is 10.2 Å². The molecule has 0 spiro atoms. The number of fused-ring (bicyclic) bond motifs is 1. The molecule has 4 rings (SSSR count). The van der Waals surface area contributed by atoms with E-state index in [4.69, 9.17) is 5.73 Å². The number of carbonyl (C=O) groups excluding carboxylic acids is 3. The highest BCUT2D eigenvalue weighted by atomic mass is 16.2. The summed E-state index contributed by atoms with van der Waals surface area (Å²) in [5.74, 6) is -0.704. The highest BCUT2D eigenvalue weighted by molar-refractivity contribution is 5.92. The maximum atomic E-state index is 13.0. The molecule has 3 amide bonds. The number of carbonyl (C=O) groups is 3. The molecule has 2 fully saturated rings. The number of primary amides is 1. The van der Waals surface area contributed by atoms with Gasteiger partial charge in [-0.3, -0.25) is 14.4 Å². The Bertz CT molecular complexity index is 952. The number of likely N-dealkylation sites (tertiary alicyclic amines) is 1. The van der Waals surface area contributed by atoms with Crippen molar-refractivity contribution in [1.29, 1.82) is 0 Å². The van der Waals surface area contributed by atoms with E-state index < -0.39 is 18.0 Å². The maximum absolute atomic E-state index is 13.0. The molecule has 2 atom stereocenters. The quantitative estimate of drug-likeness (QED) is 0.771. The van der Waals surface area contributed by atoms with Gasteiger partial charge in [-0.25, -0.2) is 0 Å². The second-order valence-corrected chi connectivity index (χ2v) is 8.52. The number of hydrogen-bond acceptors (Lipinski definition) is 3. The lowest BCUT2D eigenvalue weighted by molar-refractivity contribution is -0.142. The molecular formula is C24H29N3O3. The van der Waals surface area contributed by atoms with Crippen LogP contribution in [0.25, 0.3) is 10.8 Å². The summed E-state index contributed by atoms with van der Waals surface area (Å²) < 4.78 is 0. The summed E-state index contributed by atoms with van der Waals surface area (Å²) in [6, 6.07) is 12.7. The fourth-order valence-corrected chi connectivity index (χ4v) is 4.80. The van der Waals surface area contributed by atoms with Gasteiger partial charge in [0, 0.05) is 18.9 Å². The molecule has 2 aromatic carbocycles. The first-order valence-corrected chi connectivity index (χ1v) is 10.9. The molecular weight excluding hydrogens is 378 g/mol. The molecule has 2 aromatic rings. The van der Waals surface area contributed by atoms with Gasteiger partial charge in [0.2, 0.25) is 17.7 Å². The van der Waals surface area contributed by atoms with Gasteiger partial charge in [-0.1, -0.05) is 55.3 Å². The summed E-state index contributed by atoms with van der Waals surface area (Å²) in [6.45, 7) is 0.610. The monoisotopic (exact) mass is 407 g/mol. The summed E-state index contributed by atoms with van der Waals surface area (Å²) in [7, 11) is 0. The molecule has 1 saturated heterocycles. The Balaban J connectivity index is 1.44. The number of nitrogens with zero attached hydrogens (tertiary/aromatic N) is 1. The summed E-state index contributed by atoms with van der Waals surface area (Å²) in [4.78, 5) is 39.6. The van der Waals surface area contributed by atoms with Gasteiger partial charge in [0.1, 0.15) is 12.1 Å². The molecule has 1 heterocycles. The lowest BCUT2D eigenvalue weighted by Crippen LogP contribution is -2.53. The fraction of sp³-hybridized carbons (Fsp3) is 0.458. The first-order chi connectivity index (χ1) is 14.5. The number of rotatable bonds is 6. The van der Waals surface area contributed by atoms with Crippen molar-refractivity contribution in [2.45, 2.75) is 57.0 Å². The van der Waals surface area contributed by atoms with Crippen molar-refractivity contribution in [3.63, 3.8) is 0 Å². The third-order valence-corrected chi connectivity index (χ3v) is 6.46. The average Bonchev–Trinajstić information content (AvgIpc) is 3.44. The largest absolute Gasteiger partial charge is 0.368 e. The van der Waals surface area contributed by atoms with Gasteiger partial charge in [0.05, 0.1) is 0 Å². The molecule has 3 N–H and O–H groups in total. The standard InChI is InChI=1S/C24H29N3O3/c25-22(28)20(15-16-11-12-17-6-1-4-9-19(17)14-16)26-23(29)21-10-5-13-27(21)24(30)18-7-2-3-8-18/h1,4,6,9,11-12,14,18,20-21H,2-3,5,7-8,10,13,15H2,(H2,25,28)(H,26,29)/t20?,21-/m0/s1. The van der Waals surface area contributed by atoms with Gasteiger partial charge in [-0.2, -0.15) is 0 Å². The second kappa shape index (κ2) is 8.86. The van der Waals surface area contributed by atoms with Crippen LogP contribution in [0.15, 0.2) is 42.5 Å². The van der Waals surface area contributed by atoms with Crippen LogP contribution in [0.2, 0.25) is 0 Å². The summed E-state index contributed by atoms with van der Waals surface area (Å²) in [5, 5.41) is 5.02. The van der Waals surface area contributed by atoms with Gasteiger partial charge >= 0.3 is 0 Å². The molecule has 1 aliphatic carbocycles. The lowest BCUT2D eigenvalue weighted by Gasteiger charge is -2.28. The van der Waals surface area contributed by atoms with Gasteiger partial charge in [0.15, 0.2) is 0 Å². The normalized spacial score (nSPS) is 20.4. The van der Waals surface area contributed by atoms with Crippen molar-refractivity contribution < 1.29 is 14.4 Å². The Hall–Kier alpha value is -2.89. The fourth-order valence-electron chi connectivity index (χ4n) is 4.80. The van der Waals surface area contributed by atoms with Crippen molar-refractivity contribution >= 4 is 28.5 Å². The molecule has 1 unspecified atom stereocenters. The van der Waals surface area contributed by atoms with Crippen LogP contribution in [0.5, 0.6) is 0 Å². The number of nitrogens with two attached hydrogens (primary N) is 1. The van der Waals surface area contributed by atoms with E-state index in [0.29, 0.717) is 19.4 Å². The van der Waals surface area contributed by atoms with Crippen molar-refractivity contribution in [2.24, 2.45) is 11.7 Å². The molecule has 0 radical (unpaired) electrons. The molecule has 30 heavy (non-hydrogen) atoms. The van der Waals surface area contributed by atoms with Gasteiger partial charge in [0.25, 0.3) is 0 Å². The predicted octanol–water partition coefficient (Wildman–Crippen LogP) is 2.53. The van der Waals surface area contributed by atoms with Crippen LogP contribution in [0.3, 0.4) is 0 Å². The van der Waals surface area contributed by atoms with Crippen molar-refractivity contribution in [2.75, 3.05) is 6.54 Å². The summed E-state index contributed by atoms with van der Waals surface area (Å²) >= 11 is 0. The highest BCUT2D eigenvalue weighted by Crippen LogP contribution is 2.30. The number of amides is 3.